The van der Waals surface area contributed by atoms with Gasteiger partial charge in [0.2, 0.25) is 0 Å². The fourth-order valence-electron chi connectivity index (χ4n) is 2.86. The Labute approximate surface area is 148 Å². The number of rotatable bonds is 3. The number of nitrogens with one attached hydrogen (secondary N) is 1. The third-order valence-electron chi connectivity index (χ3n) is 4.13. The predicted octanol–water partition coefficient (Wildman–Crippen LogP) is 3.48. The molecule has 0 radical (unpaired) electrons. The normalized spacial score (nSPS) is 17.1. The molecule has 0 spiro atoms. The summed E-state index contributed by atoms with van der Waals surface area (Å²) >= 11 is 1.50. The molecule has 1 fully saturated rings. The van der Waals surface area contributed by atoms with E-state index in [1.54, 1.807) is 29.0 Å². The van der Waals surface area contributed by atoms with E-state index in [0.29, 0.717) is 17.2 Å². The predicted molar refractivity (Wildman–Crippen MR) is 98.7 cm³/mol. The Bertz CT molecular complexity index is 942. The third-order valence-corrected chi connectivity index (χ3v) is 5.16. The van der Waals surface area contributed by atoms with Crippen LogP contribution in [0.15, 0.2) is 48.5 Å². The molecule has 2 aromatic carbocycles. The van der Waals surface area contributed by atoms with Crippen LogP contribution in [-0.2, 0) is 0 Å². The minimum atomic E-state index is -0.217. The first-order chi connectivity index (χ1) is 12.2. The molecule has 4 rings (SSSR count). The van der Waals surface area contributed by atoms with Crippen LogP contribution in [0.1, 0.15) is 5.56 Å². The molecule has 1 aliphatic rings. The highest BCUT2D eigenvalue weighted by atomic mass is 32.1. The van der Waals surface area contributed by atoms with Crippen molar-refractivity contribution >= 4 is 38.4 Å². The number of anilines is 2. The van der Waals surface area contributed by atoms with E-state index in [1.165, 1.54) is 11.3 Å². The maximum Gasteiger partial charge on any atom is 0.327 e. The van der Waals surface area contributed by atoms with Gasteiger partial charge >= 0.3 is 6.03 Å². The molecule has 0 bridgehead atoms. The molecule has 1 aliphatic heterocycles. The third kappa shape index (κ3) is 2.77. The summed E-state index contributed by atoms with van der Waals surface area (Å²) in [6, 6.07) is 17.1. The van der Waals surface area contributed by atoms with E-state index in [1.807, 2.05) is 36.4 Å². The molecule has 6 nitrogen and oxygen atoms in total. The summed E-state index contributed by atoms with van der Waals surface area (Å²) in [6.07, 6.45) is -0.217. The number of benzene rings is 2. The molecule has 2 heterocycles. The smallest absolute Gasteiger partial charge is 0.327 e. The first kappa shape index (κ1) is 15.4. The number of nitriles is 1. The summed E-state index contributed by atoms with van der Waals surface area (Å²) < 4.78 is 1.05. The van der Waals surface area contributed by atoms with Crippen LogP contribution in [0.25, 0.3) is 10.2 Å². The number of carbonyl (C=O) groups is 1. The molecule has 0 aliphatic carbocycles. The van der Waals surface area contributed by atoms with Crippen molar-refractivity contribution in [2.75, 3.05) is 23.8 Å². The second-order valence-corrected chi connectivity index (χ2v) is 6.86. The Kier molecular flexibility index (Phi) is 3.75. The maximum absolute atomic E-state index is 12.6. The van der Waals surface area contributed by atoms with Gasteiger partial charge in [0.1, 0.15) is 6.17 Å². The molecule has 1 N–H and O–H groups in total. The molecule has 124 valence electrons. The molecule has 1 unspecified atom stereocenters. The number of amides is 2. The molecule has 2 amide bonds. The lowest BCUT2D eigenvalue weighted by atomic mass is 10.2. The van der Waals surface area contributed by atoms with Crippen molar-refractivity contribution in [1.29, 1.82) is 5.26 Å². The van der Waals surface area contributed by atoms with E-state index in [4.69, 9.17) is 5.26 Å². The molecule has 1 aromatic heterocycles. The lowest BCUT2D eigenvalue weighted by molar-refractivity contribution is 0.229. The van der Waals surface area contributed by atoms with Crippen molar-refractivity contribution in [2.45, 2.75) is 6.17 Å². The average Bonchev–Trinajstić information content (AvgIpc) is 3.16. The Hall–Kier alpha value is -3.11. The van der Waals surface area contributed by atoms with Gasteiger partial charge in [-0.25, -0.2) is 14.7 Å². The molecule has 25 heavy (non-hydrogen) atoms. The summed E-state index contributed by atoms with van der Waals surface area (Å²) in [5, 5.41) is 13.0. The number of hydrogen-bond acceptors (Lipinski definition) is 5. The Morgan fingerprint density at radius 2 is 2.00 bits per heavy atom. The van der Waals surface area contributed by atoms with Crippen molar-refractivity contribution in [3.8, 4) is 6.07 Å². The van der Waals surface area contributed by atoms with Gasteiger partial charge in [-0.1, -0.05) is 23.5 Å². The number of para-hydroxylation sites is 1. The van der Waals surface area contributed by atoms with E-state index < -0.39 is 0 Å². The Morgan fingerprint density at radius 1 is 1.24 bits per heavy atom. The molecule has 3 aromatic rings. The van der Waals surface area contributed by atoms with E-state index in [2.05, 4.69) is 16.4 Å². The van der Waals surface area contributed by atoms with Crippen molar-refractivity contribution in [3.63, 3.8) is 0 Å². The van der Waals surface area contributed by atoms with Gasteiger partial charge in [-0.05, 0) is 36.4 Å². The molecule has 1 atom stereocenters. The van der Waals surface area contributed by atoms with Gasteiger partial charge in [0.25, 0.3) is 0 Å². The second kappa shape index (κ2) is 6.07. The minimum absolute atomic E-state index is 0.0785. The first-order valence-electron chi connectivity index (χ1n) is 7.82. The van der Waals surface area contributed by atoms with Crippen LogP contribution in [0.3, 0.4) is 0 Å². The van der Waals surface area contributed by atoms with Gasteiger partial charge in [-0.15, -0.1) is 0 Å². The van der Waals surface area contributed by atoms with E-state index in [0.717, 1.165) is 15.9 Å². The van der Waals surface area contributed by atoms with Crippen molar-refractivity contribution in [2.24, 2.45) is 0 Å². The fourth-order valence-corrected chi connectivity index (χ4v) is 3.87. The zero-order chi connectivity index (χ0) is 17.4. The van der Waals surface area contributed by atoms with E-state index in [-0.39, 0.29) is 12.2 Å². The van der Waals surface area contributed by atoms with Crippen molar-refractivity contribution < 1.29 is 4.79 Å². The minimum Gasteiger partial charge on any atom is -0.363 e. The van der Waals surface area contributed by atoms with Crippen molar-refractivity contribution in [3.05, 3.63) is 54.1 Å². The molecule has 1 saturated heterocycles. The number of thiazole rings is 1. The van der Waals surface area contributed by atoms with Gasteiger partial charge in [0, 0.05) is 12.7 Å². The topological polar surface area (TPSA) is 72.3 Å². The number of likely N-dealkylation sites (N-methyl/N-ethyl adjacent to an activating group) is 1. The van der Waals surface area contributed by atoms with Crippen LogP contribution in [0.2, 0.25) is 0 Å². The summed E-state index contributed by atoms with van der Waals surface area (Å²) in [7, 11) is 1.78. The zero-order valence-electron chi connectivity index (χ0n) is 13.5. The second-order valence-electron chi connectivity index (χ2n) is 5.85. The zero-order valence-corrected chi connectivity index (χ0v) is 14.3. The van der Waals surface area contributed by atoms with Gasteiger partial charge in [0.05, 0.1) is 28.4 Å². The van der Waals surface area contributed by atoms with E-state index >= 15 is 0 Å². The molecule has 7 heteroatoms. The SMILES string of the molecule is CN1CC(Nc2ccc(C#N)cc2)N(c2nc3ccccc3s2)C1=O. The highest BCUT2D eigenvalue weighted by Gasteiger charge is 2.38. The average molecular weight is 349 g/mol. The molecular weight excluding hydrogens is 334 g/mol. The number of aromatic nitrogens is 1. The number of nitrogens with zero attached hydrogens (tertiary/aromatic N) is 4. The van der Waals surface area contributed by atoms with Crippen LogP contribution < -0.4 is 10.2 Å². The Balaban J connectivity index is 1.65. The monoisotopic (exact) mass is 349 g/mol. The van der Waals surface area contributed by atoms with Gasteiger partial charge < -0.3 is 10.2 Å². The van der Waals surface area contributed by atoms with E-state index in [9.17, 15) is 4.79 Å². The standard InChI is InChI=1S/C18H15N5OS/c1-22-11-16(20-13-8-6-12(10-19)7-9-13)23(18(22)24)17-21-14-4-2-3-5-15(14)25-17/h2-9,16,20H,11H2,1H3. The largest absolute Gasteiger partial charge is 0.363 e. The van der Waals surface area contributed by atoms with Crippen LogP contribution in [0.4, 0.5) is 15.6 Å². The van der Waals surface area contributed by atoms with Crippen LogP contribution in [0, 0.1) is 11.3 Å². The summed E-state index contributed by atoms with van der Waals surface area (Å²) in [5.74, 6) is 0. The number of hydrogen-bond donors (Lipinski definition) is 1. The highest BCUT2D eigenvalue weighted by Crippen LogP contribution is 2.33. The van der Waals surface area contributed by atoms with Gasteiger partial charge in [-0.3, -0.25) is 0 Å². The highest BCUT2D eigenvalue weighted by molar-refractivity contribution is 7.22. The molecular formula is C18H15N5OS. The van der Waals surface area contributed by atoms with Crippen molar-refractivity contribution in [1.82, 2.24) is 9.88 Å². The molecule has 0 saturated carbocycles. The number of fused-ring (bicyclic) bond motifs is 1. The number of carbonyl (C=O) groups excluding carboxylic acids is 1. The fraction of sp³-hybridized carbons (Fsp3) is 0.167. The lowest BCUT2D eigenvalue weighted by Crippen LogP contribution is -2.39. The quantitative estimate of drug-likeness (QED) is 0.786. The summed E-state index contributed by atoms with van der Waals surface area (Å²) in [5.41, 5.74) is 2.35. The van der Waals surface area contributed by atoms with Gasteiger partial charge in [-0.2, -0.15) is 5.26 Å². The van der Waals surface area contributed by atoms with Crippen LogP contribution >= 0.6 is 11.3 Å². The first-order valence-corrected chi connectivity index (χ1v) is 8.64. The van der Waals surface area contributed by atoms with Crippen LogP contribution in [-0.4, -0.2) is 35.7 Å². The Morgan fingerprint density at radius 3 is 2.72 bits per heavy atom. The number of urea groups is 1. The van der Waals surface area contributed by atoms with Crippen LogP contribution in [0.5, 0.6) is 0 Å². The summed E-state index contributed by atoms with van der Waals surface area (Å²) in [4.78, 5) is 20.6. The maximum atomic E-state index is 12.6. The summed E-state index contributed by atoms with van der Waals surface area (Å²) in [6.45, 7) is 0.550. The lowest BCUT2D eigenvalue weighted by Gasteiger charge is -2.22. The van der Waals surface area contributed by atoms with Gasteiger partial charge in [0.15, 0.2) is 5.13 Å².